The fourth-order valence-electron chi connectivity index (χ4n) is 4.00. The molecule has 0 unspecified atom stereocenters. The van der Waals surface area contributed by atoms with Gasteiger partial charge in [0, 0.05) is 44.4 Å². The van der Waals surface area contributed by atoms with Gasteiger partial charge in [0.05, 0.1) is 22.7 Å². The van der Waals surface area contributed by atoms with E-state index in [0.717, 1.165) is 40.8 Å². The maximum atomic E-state index is 5.21. The number of benzene rings is 1. The summed E-state index contributed by atoms with van der Waals surface area (Å²) < 4.78 is 7.09. The Kier molecular flexibility index (Phi) is 4.37. The predicted molar refractivity (Wildman–Crippen MR) is 108 cm³/mol. The second kappa shape index (κ2) is 7.16. The first-order chi connectivity index (χ1) is 13.8. The highest BCUT2D eigenvalue weighted by Gasteiger charge is 2.28. The Bertz CT molecular complexity index is 1120. The molecule has 0 amide bonds. The first-order valence-corrected chi connectivity index (χ1v) is 9.58. The largest absolute Gasteiger partial charge is 0.384 e. The maximum absolute atomic E-state index is 5.21. The van der Waals surface area contributed by atoms with Gasteiger partial charge in [-0.05, 0) is 48.4 Å². The molecule has 1 aliphatic rings. The minimum absolute atomic E-state index is 0.661. The number of hydrogen-bond acceptors (Lipinski definition) is 6. The summed E-state index contributed by atoms with van der Waals surface area (Å²) in [5, 5.41) is 7.98. The predicted octanol–water partition coefficient (Wildman–Crippen LogP) is 3.42. The van der Waals surface area contributed by atoms with Crippen LogP contribution in [0.2, 0.25) is 0 Å². The molecule has 4 aromatic rings. The molecule has 5 rings (SSSR count). The highest BCUT2D eigenvalue weighted by atomic mass is 16.5. The van der Waals surface area contributed by atoms with E-state index < -0.39 is 0 Å². The van der Waals surface area contributed by atoms with Crippen molar-refractivity contribution < 1.29 is 4.74 Å². The molecule has 7 nitrogen and oxygen atoms in total. The van der Waals surface area contributed by atoms with Crippen LogP contribution in [0.25, 0.3) is 27.7 Å². The molecule has 142 valence electrons. The fourth-order valence-corrected chi connectivity index (χ4v) is 4.00. The summed E-state index contributed by atoms with van der Waals surface area (Å²) in [4.78, 5) is 13.2. The first-order valence-electron chi connectivity index (χ1n) is 9.58. The summed E-state index contributed by atoms with van der Waals surface area (Å²) in [7, 11) is 1.77. The van der Waals surface area contributed by atoms with Gasteiger partial charge < -0.3 is 10.1 Å². The summed E-state index contributed by atoms with van der Waals surface area (Å²) in [5.74, 6) is 2.05. The van der Waals surface area contributed by atoms with E-state index >= 15 is 0 Å². The van der Waals surface area contributed by atoms with E-state index in [4.69, 9.17) is 4.74 Å². The molecule has 0 aliphatic heterocycles. The minimum Gasteiger partial charge on any atom is -0.384 e. The van der Waals surface area contributed by atoms with Crippen LogP contribution in [0.15, 0.2) is 49.1 Å². The van der Waals surface area contributed by atoms with Crippen molar-refractivity contribution >= 4 is 22.5 Å². The van der Waals surface area contributed by atoms with Crippen LogP contribution in [-0.2, 0) is 4.74 Å². The zero-order valence-electron chi connectivity index (χ0n) is 15.7. The standard InChI is InChI=1S/C21H22N6O/c1-28-13-15-8-14(9-15)11-24-21-25-12-20-17(4-7-27(20)26-21)16-2-3-18-19(10-16)23-6-5-22-18/h2-7,10,12,14-15H,8-9,11,13H2,1H3,(H,24,26). The van der Waals surface area contributed by atoms with Crippen LogP contribution in [0.3, 0.4) is 0 Å². The minimum atomic E-state index is 0.661. The van der Waals surface area contributed by atoms with E-state index in [-0.39, 0.29) is 0 Å². The molecule has 1 fully saturated rings. The number of methoxy groups -OCH3 is 1. The van der Waals surface area contributed by atoms with Crippen molar-refractivity contribution in [2.45, 2.75) is 12.8 Å². The number of fused-ring (bicyclic) bond motifs is 2. The molecule has 0 atom stereocenters. The third kappa shape index (κ3) is 3.18. The Morgan fingerprint density at radius 1 is 1.07 bits per heavy atom. The summed E-state index contributed by atoms with van der Waals surface area (Å²) in [6, 6.07) is 8.17. The van der Waals surface area contributed by atoms with E-state index in [2.05, 4.69) is 43.6 Å². The number of nitrogens with one attached hydrogen (secondary N) is 1. The van der Waals surface area contributed by atoms with Gasteiger partial charge in [0.1, 0.15) is 0 Å². The van der Waals surface area contributed by atoms with Gasteiger partial charge in [0.15, 0.2) is 0 Å². The molecule has 0 spiro atoms. The Morgan fingerprint density at radius 2 is 1.93 bits per heavy atom. The van der Waals surface area contributed by atoms with Gasteiger partial charge in [0.2, 0.25) is 5.95 Å². The van der Waals surface area contributed by atoms with Gasteiger partial charge in [-0.3, -0.25) is 9.97 Å². The van der Waals surface area contributed by atoms with Crippen LogP contribution < -0.4 is 5.32 Å². The lowest BCUT2D eigenvalue weighted by molar-refractivity contribution is 0.0783. The topological polar surface area (TPSA) is 77.2 Å². The average molecular weight is 374 g/mol. The van der Waals surface area contributed by atoms with Crippen molar-refractivity contribution in [3.8, 4) is 11.1 Å². The van der Waals surface area contributed by atoms with Crippen molar-refractivity contribution in [3.05, 3.63) is 49.1 Å². The van der Waals surface area contributed by atoms with Crippen LogP contribution in [0.1, 0.15) is 12.8 Å². The lowest BCUT2D eigenvalue weighted by Crippen LogP contribution is -2.32. The van der Waals surface area contributed by atoms with Gasteiger partial charge in [0.25, 0.3) is 0 Å². The molecular formula is C21H22N6O. The number of rotatable bonds is 6. The summed E-state index contributed by atoms with van der Waals surface area (Å²) in [5.41, 5.74) is 4.91. The van der Waals surface area contributed by atoms with Crippen LogP contribution in [-0.4, -0.2) is 44.8 Å². The summed E-state index contributed by atoms with van der Waals surface area (Å²) in [6.07, 6.45) is 9.68. The highest BCUT2D eigenvalue weighted by molar-refractivity contribution is 5.86. The quantitative estimate of drug-likeness (QED) is 0.557. The fraction of sp³-hybridized carbons (Fsp3) is 0.333. The van der Waals surface area contributed by atoms with Crippen LogP contribution >= 0.6 is 0 Å². The average Bonchev–Trinajstić information content (AvgIpc) is 3.12. The maximum Gasteiger partial charge on any atom is 0.241 e. The molecule has 3 heterocycles. The molecule has 1 aromatic carbocycles. The van der Waals surface area contributed by atoms with E-state index in [1.54, 1.807) is 19.5 Å². The van der Waals surface area contributed by atoms with Crippen molar-refractivity contribution in [1.82, 2.24) is 24.6 Å². The molecule has 1 aliphatic carbocycles. The van der Waals surface area contributed by atoms with E-state index in [9.17, 15) is 0 Å². The van der Waals surface area contributed by atoms with Gasteiger partial charge in [-0.25, -0.2) is 9.50 Å². The lowest BCUT2D eigenvalue weighted by atomic mass is 9.75. The van der Waals surface area contributed by atoms with E-state index in [0.29, 0.717) is 17.8 Å². The highest BCUT2D eigenvalue weighted by Crippen LogP contribution is 2.33. The monoisotopic (exact) mass is 374 g/mol. The third-order valence-electron chi connectivity index (χ3n) is 5.48. The molecule has 7 heteroatoms. The Hall–Kier alpha value is -3.06. The smallest absolute Gasteiger partial charge is 0.241 e. The van der Waals surface area contributed by atoms with Crippen LogP contribution in [0.5, 0.6) is 0 Å². The molecule has 0 saturated heterocycles. The van der Waals surface area contributed by atoms with Crippen LogP contribution in [0.4, 0.5) is 5.95 Å². The molecule has 28 heavy (non-hydrogen) atoms. The molecule has 0 bridgehead atoms. The Morgan fingerprint density at radius 3 is 2.79 bits per heavy atom. The normalized spacial score (nSPS) is 19.0. The van der Waals surface area contributed by atoms with Crippen molar-refractivity contribution in [2.75, 3.05) is 25.6 Å². The van der Waals surface area contributed by atoms with Gasteiger partial charge in [-0.2, -0.15) is 0 Å². The van der Waals surface area contributed by atoms with E-state index in [1.165, 1.54) is 12.8 Å². The van der Waals surface area contributed by atoms with Crippen molar-refractivity contribution in [1.29, 1.82) is 0 Å². The Balaban J connectivity index is 1.33. The number of anilines is 1. The van der Waals surface area contributed by atoms with Crippen molar-refractivity contribution in [2.24, 2.45) is 11.8 Å². The molecule has 1 N–H and O–H groups in total. The molecule has 0 radical (unpaired) electrons. The third-order valence-corrected chi connectivity index (χ3v) is 5.48. The molecule has 1 saturated carbocycles. The Labute approximate surface area is 162 Å². The number of hydrogen-bond donors (Lipinski definition) is 1. The second-order valence-corrected chi connectivity index (χ2v) is 7.44. The van der Waals surface area contributed by atoms with Gasteiger partial charge in [-0.1, -0.05) is 6.07 Å². The van der Waals surface area contributed by atoms with E-state index in [1.807, 2.05) is 23.0 Å². The number of nitrogens with zero attached hydrogens (tertiary/aromatic N) is 5. The number of ether oxygens (including phenoxy) is 1. The van der Waals surface area contributed by atoms with Crippen LogP contribution in [0, 0.1) is 11.8 Å². The zero-order chi connectivity index (χ0) is 18.9. The first kappa shape index (κ1) is 17.1. The lowest BCUT2D eigenvalue weighted by Gasteiger charge is -2.34. The second-order valence-electron chi connectivity index (χ2n) is 7.44. The summed E-state index contributed by atoms with van der Waals surface area (Å²) in [6.45, 7) is 1.77. The van der Waals surface area contributed by atoms with Crippen molar-refractivity contribution in [3.63, 3.8) is 0 Å². The van der Waals surface area contributed by atoms with Gasteiger partial charge >= 0.3 is 0 Å². The van der Waals surface area contributed by atoms with Gasteiger partial charge in [-0.15, -0.1) is 5.10 Å². The zero-order valence-corrected chi connectivity index (χ0v) is 15.7. The SMILES string of the molecule is COCC1CC(CNc2ncc3c(-c4ccc5nccnc5c4)ccn3n2)C1. The number of aromatic nitrogens is 5. The summed E-state index contributed by atoms with van der Waals surface area (Å²) >= 11 is 0. The molecular weight excluding hydrogens is 352 g/mol. The molecule has 3 aromatic heterocycles.